The van der Waals surface area contributed by atoms with Gasteiger partial charge in [0.1, 0.15) is 5.75 Å². The van der Waals surface area contributed by atoms with Crippen molar-refractivity contribution in [3.05, 3.63) is 48.5 Å². The van der Waals surface area contributed by atoms with Gasteiger partial charge in [0.2, 0.25) is 15.9 Å². The van der Waals surface area contributed by atoms with Crippen molar-refractivity contribution in [2.75, 3.05) is 23.9 Å². The van der Waals surface area contributed by atoms with Crippen LogP contribution in [0.5, 0.6) is 5.75 Å². The topological polar surface area (TPSA) is 87.7 Å². The average molecular weight is 418 g/mol. The van der Waals surface area contributed by atoms with Gasteiger partial charge in [-0.2, -0.15) is 0 Å². The van der Waals surface area contributed by atoms with Gasteiger partial charge < -0.3 is 15.0 Å². The molecule has 0 saturated heterocycles. The van der Waals surface area contributed by atoms with Crippen molar-refractivity contribution in [3.8, 4) is 5.75 Å². The Bertz CT molecular complexity index is 957. The Morgan fingerprint density at radius 2 is 1.86 bits per heavy atom. The fraction of sp³-hybridized carbons (Fsp3) is 0.381. The molecule has 2 aromatic carbocycles. The SMILES string of the molecule is COc1ccc(S(=O)(=O)NC2CC2)cc1NCC(=O)N(c1ccccc1)C(C)C. The van der Waals surface area contributed by atoms with Gasteiger partial charge in [-0.05, 0) is 57.0 Å². The number of nitrogens with one attached hydrogen (secondary N) is 2. The van der Waals surface area contributed by atoms with Crippen LogP contribution in [0.2, 0.25) is 0 Å². The molecular weight excluding hydrogens is 390 g/mol. The molecule has 156 valence electrons. The highest BCUT2D eigenvalue weighted by Crippen LogP contribution is 2.29. The molecule has 3 rings (SSSR count). The predicted molar refractivity (Wildman–Crippen MR) is 114 cm³/mol. The van der Waals surface area contributed by atoms with Gasteiger partial charge in [0.25, 0.3) is 0 Å². The van der Waals surface area contributed by atoms with Gasteiger partial charge in [-0.25, -0.2) is 13.1 Å². The molecule has 2 N–H and O–H groups in total. The van der Waals surface area contributed by atoms with E-state index in [1.54, 1.807) is 11.0 Å². The first-order valence-corrected chi connectivity index (χ1v) is 11.1. The maximum Gasteiger partial charge on any atom is 0.246 e. The van der Waals surface area contributed by atoms with Crippen molar-refractivity contribution in [2.24, 2.45) is 0 Å². The van der Waals surface area contributed by atoms with Crippen molar-refractivity contribution < 1.29 is 17.9 Å². The second-order valence-electron chi connectivity index (χ2n) is 7.30. The van der Waals surface area contributed by atoms with Crippen LogP contribution < -0.4 is 19.7 Å². The molecule has 2 aromatic rings. The molecule has 1 amide bonds. The number of nitrogens with zero attached hydrogens (tertiary/aromatic N) is 1. The molecule has 0 aliphatic heterocycles. The fourth-order valence-electron chi connectivity index (χ4n) is 3.06. The first kappa shape index (κ1) is 21.1. The molecule has 0 atom stereocenters. The Morgan fingerprint density at radius 1 is 1.17 bits per heavy atom. The van der Waals surface area contributed by atoms with Crippen molar-refractivity contribution in [1.82, 2.24) is 4.72 Å². The zero-order valence-corrected chi connectivity index (χ0v) is 17.7. The number of sulfonamides is 1. The number of methoxy groups -OCH3 is 1. The van der Waals surface area contributed by atoms with Crippen LogP contribution in [0, 0.1) is 0 Å². The normalized spacial score (nSPS) is 13.9. The minimum atomic E-state index is -3.60. The van der Waals surface area contributed by atoms with Gasteiger partial charge in [0, 0.05) is 17.8 Å². The fourth-order valence-corrected chi connectivity index (χ4v) is 4.39. The Balaban J connectivity index is 1.78. The van der Waals surface area contributed by atoms with Crippen LogP contribution in [0.25, 0.3) is 0 Å². The van der Waals surface area contributed by atoms with E-state index in [0.29, 0.717) is 11.4 Å². The van der Waals surface area contributed by atoms with E-state index in [2.05, 4.69) is 10.0 Å². The summed E-state index contributed by atoms with van der Waals surface area (Å²) in [5.74, 6) is 0.344. The molecule has 0 heterocycles. The van der Waals surface area contributed by atoms with E-state index in [-0.39, 0.29) is 29.4 Å². The van der Waals surface area contributed by atoms with E-state index < -0.39 is 10.0 Å². The third kappa shape index (κ3) is 5.27. The molecule has 0 radical (unpaired) electrons. The quantitative estimate of drug-likeness (QED) is 0.655. The summed E-state index contributed by atoms with van der Waals surface area (Å²) in [5, 5.41) is 3.04. The lowest BCUT2D eigenvalue weighted by molar-refractivity contribution is -0.117. The summed E-state index contributed by atoms with van der Waals surface area (Å²) in [5.41, 5.74) is 1.27. The van der Waals surface area contributed by atoms with Crippen LogP contribution in [0.15, 0.2) is 53.4 Å². The summed E-state index contributed by atoms with van der Waals surface area (Å²) in [6, 6.07) is 14.0. The van der Waals surface area contributed by atoms with Gasteiger partial charge in [-0.1, -0.05) is 18.2 Å². The molecule has 1 fully saturated rings. The highest BCUT2D eigenvalue weighted by Gasteiger charge is 2.28. The van der Waals surface area contributed by atoms with E-state index in [1.807, 2.05) is 44.2 Å². The molecule has 8 heteroatoms. The lowest BCUT2D eigenvalue weighted by Gasteiger charge is -2.27. The molecular formula is C21H27N3O4S. The number of ether oxygens (including phenoxy) is 1. The number of anilines is 2. The summed E-state index contributed by atoms with van der Waals surface area (Å²) in [7, 11) is -2.09. The highest BCUT2D eigenvalue weighted by atomic mass is 32.2. The van der Waals surface area contributed by atoms with Crippen LogP contribution >= 0.6 is 0 Å². The number of para-hydroxylation sites is 1. The van der Waals surface area contributed by atoms with E-state index in [1.165, 1.54) is 19.2 Å². The van der Waals surface area contributed by atoms with Crippen molar-refractivity contribution in [2.45, 2.75) is 43.7 Å². The smallest absolute Gasteiger partial charge is 0.246 e. The van der Waals surface area contributed by atoms with Crippen LogP contribution in [-0.4, -0.2) is 40.1 Å². The molecule has 1 saturated carbocycles. The summed E-state index contributed by atoms with van der Waals surface area (Å²) in [6.45, 7) is 3.90. The van der Waals surface area contributed by atoms with E-state index >= 15 is 0 Å². The number of benzene rings is 2. The van der Waals surface area contributed by atoms with Gasteiger partial charge >= 0.3 is 0 Å². The molecule has 1 aliphatic rings. The van der Waals surface area contributed by atoms with Gasteiger partial charge in [-0.3, -0.25) is 4.79 Å². The molecule has 1 aliphatic carbocycles. The summed E-state index contributed by atoms with van der Waals surface area (Å²) < 4.78 is 33.0. The minimum absolute atomic E-state index is 0.00297. The standard InChI is InChI=1S/C21H27N3O4S/c1-15(2)24(17-7-5-4-6-8-17)21(25)14-22-19-13-18(11-12-20(19)28-3)29(26,27)23-16-9-10-16/h4-8,11-13,15-16,22-23H,9-10,14H2,1-3H3. The number of hydrogen-bond acceptors (Lipinski definition) is 5. The summed E-state index contributed by atoms with van der Waals surface area (Å²) in [4.78, 5) is 14.7. The van der Waals surface area contributed by atoms with Crippen LogP contribution in [0.1, 0.15) is 26.7 Å². The minimum Gasteiger partial charge on any atom is -0.495 e. The molecule has 29 heavy (non-hydrogen) atoms. The van der Waals surface area contributed by atoms with E-state index in [0.717, 1.165) is 18.5 Å². The summed E-state index contributed by atoms with van der Waals surface area (Å²) >= 11 is 0. The second kappa shape index (κ2) is 8.84. The average Bonchev–Trinajstić information content (AvgIpc) is 3.50. The monoisotopic (exact) mass is 417 g/mol. The molecule has 0 unspecified atom stereocenters. The van der Waals surface area contributed by atoms with Crippen molar-refractivity contribution in [1.29, 1.82) is 0 Å². The molecule has 0 aromatic heterocycles. The lowest BCUT2D eigenvalue weighted by atomic mass is 10.2. The number of hydrogen-bond donors (Lipinski definition) is 2. The van der Waals surface area contributed by atoms with Gasteiger partial charge in [0.05, 0.1) is 24.2 Å². The number of carbonyl (C=O) groups excluding carboxylic acids is 1. The first-order chi connectivity index (χ1) is 13.8. The Morgan fingerprint density at radius 3 is 2.45 bits per heavy atom. The molecule has 7 nitrogen and oxygen atoms in total. The van der Waals surface area contributed by atoms with Crippen LogP contribution in [0.4, 0.5) is 11.4 Å². The maximum atomic E-state index is 12.9. The van der Waals surface area contributed by atoms with Crippen molar-refractivity contribution >= 4 is 27.3 Å². The van der Waals surface area contributed by atoms with E-state index in [4.69, 9.17) is 4.74 Å². The Labute approximate surface area is 172 Å². The predicted octanol–water partition coefficient (Wildman–Crippen LogP) is 2.99. The lowest BCUT2D eigenvalue weighted by Crippen LogP contribution is -2.40. The highest BCUT2D eigenvalue weighted by molar-refractivity contribution is 7.89. The van der Waals surface area contributed by atoms with E-state index in [9.17, 15) is 13.2 Å². The largest absolute Gasteiger partial charge is 0.495 e. The number of carbonyl (C=O) groups is 1. The number of rotatable bonds is 9. The van der Waals surface area contributed by atoms with Gasteiger partial charge in [-0.15, -0.1) is 0 Å². The number of amides is 1. The first-order valence-electron chi connectivity index (χ1n) is 9.63. The molecule has 0 bridgehead atoms. The zero-order chi connectivity index (χ0) is 21.0. The van der Waals surface area contributed by atoms with Crippen molar-refractivity contribution in [3.63, 3.8) is 0 Å². The Hall–Kier alpha value is -2.58. The third-order valence-electron chi connectivity index (χ3n) is 4.63. The Kier molecular flexibility index (Phi) is 6.44. The van der Waals surface area contributed by atoms with Crippen LogP contribution in [0.3, 0.4) is 0 Å². The zero-order valence-electron chi connectivity index (χ0n) is 16.9. The summed E-state index contributed by atoms with van der Waals surface area (Å²) in [6.07, 6.45) is 1.72. The molecule has 0 spiro atoms. The maximum absolute atomic E-state index is 12.9. The third-order valence-corrected chi connectivity index (χ3v) is 6.15. The van der Waals surface area contributed by atoms with Crippen LogP contribution in [-0.2, 0) is 14.8 Å². The van der Waals surface area contributed by atoms with Gasteiger partial charge in [0.15, 0.2) is 0 Å². The second-order valence-corrected chi connectivity index (χ2v) is 9.02.